The van der Waals surface area contributed by atoms with Crippen LogP contribution in [0.2, 0.25) is 0 Å². The maximum absolute atomic E-state index is 14.3. The zero-order valence-electron chi connectivity index (χ0n) is 15.8. The number of pyridine rings is 1. The third-order valence-corrected chi connectivity index (χ3v) is 4.55. The molecule has 2 heterocycles. The molecule has 0 bridgehead atoms. The molecule has 0 fully saturated rings. The number of hydrogen-bond acceptors (Lipinski definition) is 3. The van der Waals surface area contributed by atoms with Gasteiger partial charge in [-0.25, -0.2) is 9.07 Å². The van der Waals surface area contributed by atoms with Gasteiger partial charge >= 0.3 is 0 Å². The smallest absolute Gasteiger partial charge is 0.270 e. The average Bonchev–Trinajstić information content (AvgIpc) is 3.19. The van der Waals surface area contributed by atoms with Crippen LogP contribution in [0.15, 0.2) is 79.1 Å². The first-order valence-electron chi connectivity index (χ1n) is 9.21. The summed E-state index contributed by atoms with van der Waals surface area (Å²) in [4.78, 5) is 17.0. The Morgan fingerprint density at radius 2 is 1.86 bits per heavy atom. The molecule has 0 spiro atoms. The van der Waals surface area contributed by atoms with Gasteiger partial charge in [-0.05, 0) is 48.9 Å². The maximum Gasteiger partial charge on any atom is 0.270 e. The molecule has 1 N–H and O–H groups in total. The van der Waals surface area contributed by atoms with Crippen molar-refractivity contribution >= 4 is 5.91 Å². The van der Waals surface area contributed by atoms with E-state index in [4.69, 9.17) is 0 Å². The van der Waals surface area contributed by atoms with Crippen molar-refractivity contribution in [2.75, 3.05) is 0 Å². The standard InChI is InChI=1S/C23H19FN4O/c1-16-8-10-18(11-9-16)28-22(23(29)26-15-17-5-4-12-25-14-17)13-21(27-28)19-6-2-3-7-20(19)24/h2-14H,15H2,1H3,(H,26,29). The molecule has 4 rings (SSSR count). The Balaban J connectivity index is 1.71. The summed E-state index contributed by atoms with van der Waals surface area (Å²) in [7, 11) is 0. The number of amides is 1. The van der Waals surface area contributed by atoms with Crippen LogP contribution in [0.1, 0.15) is 21.6 Å². The lowest BCUT2D eigenvalue weighted by atomic mass is 10.1. The van der Waals surface area contributed by atoms with Crippen LogP contribution in [-0.2, 0) is 6.54 Å². The van der Waals surface area contributed by atoms with Gasteiger partial charge in [-0.2, -0.15) is 5.10 Å². The van der Waals surface area contributed by atoms with Gasteiger partial charge in [0.05, 0.1) is 11.4 Å². The van der Waals surface area contributed by atoms with Gasteiger partial charge in [0.15, 0.2) is 0 Å². The number of aryl methyl sites for hydroxylation is 1. The van der Waals surface area contributed by atoms with Gasteiger partial charge in [0.2, 0.25) is 0 Å². The number of nitrogens with one attached hydrogen (secondary N) is 1. The number of benzene rings is 2. The highest BCUT2D eigenvalue weighted by molar-refractivity contribution is 5.94. The summed E-state index contributed by atoms with van der Waals surface area (Å²) in [5, 5.41) is 7.40. The second-order valence-corrected chi connectivity index (χ2v) is 6.69. The summed E-state index contributed by atoms with van der Waals surface area (Å²) in [5.41, 5.74) is 3.78. The van der Waals surface area contributed by atoms with E-state index >= 15 is 0 Å². The lowest BCUT2D eigenvalue weighted by molar-refractivity contribution is 0.0943. The van der Waals surface area contributed by atoms with Crippen LogP contribution in [-0.4, -0.2) is 20.7 Å². The summed E-state index contributed by atoms with van der Waals surface area (Å²) in [5.74, 6) is -0.687. The molecule has 2 aromatic heterocycles. The summed E-state index contributed by atoms with van der Waals surface area (Å²) >= 11 is 0. The molecule has 0 radical (unpaired) electrons. The SMILES string of the molecule is Cc1ccc(-n2nc(-c3ccccc3F)cc2C(=O)NCc2cccnc2)cc1. The summed E-state index contributed by atoms with van der Waals surface area (Å²) in [6, 6.07) is 19.3. The molecule has 144 valence electrons. The first kappa shape index (κ1) is 18.6. The number of halogens is 1. The fourth-order valence-electron chi connectivity index (χ4n) is 3.00. The van der Waals surface area contributed by atoms with Crippen LogP contribution >= 0.6 is 0 Å². The highest BCUT2D eigenvalue weighted by Crippen LogP contribution is 2.24. The van der Waals surface area contributed by atoms with Crippen molar-refractivity contribution in [2.24, 2.45) is 0 Å². The second kappa shape index (κ2) is 8.06. The lowest BCUT2D eigenvalue weighted by Crippen LogP contribution is -2.25. The van der Waals surface area contributed by atoms with Gasteiger partial charge in [0.25, 0.3) is 5.91 Å². The van der Waals surface area contributed by atoms with Crippen LogP contribution < -0.4 is 5.32 Å². The van der Waals surface area contributed by atoms with Crippen molar-refractivity contribution in [2.45, 2.75) is 13.5 Å². The number of aromatic nitrogens is 3. The van der Waals surface area contributed by atoms with Crippen LogP contribution in [0.4, 0.5) is 4.39 Å². The number of rotatable bonds is 5. The maximum atomic E-state index is 14.3. The lowest BCUT2D eigenvalue weighted by Gasteiger charge is -2.08. The third-order valence-electron chi connectivity index (χ3n) is 4.55. The quantitative estimate of drug-likeness (QED) is 0.556. The predicted molar refractivity (Wildman–Crippen MR) is 109 cm³/mol. The zero-order valence-corrected chi connectivity index (χ0v) is 15.8. The molecule has 2 aromatic carbocycles. The zero-order chi connectivity index (χ0) is 20.2. The van der Waals surface area contributed by atoms with Crippen molar-refractivity contribution in [1.82, 2.24) is 20.1 Å². The monoisotopic (exact) mass is 386 g/mol. The highest BCUT2D eigenvalue weighted by atomic mass is 19.1. The summed E-state index contributed by atoms with van der Waals surface area (Å²) in [6.45, 7) is 2.32. The molecule has 0 unspecified atom stereocenters. The Kier molecular flexibility index (Phi) is 5.16. The largest absolute Gasteiger partial charge is 0.347 e. The van der Waals surface area contributed by atoms with E-state index in [1.54, 1.807) is 41.3 Å². The molecule has 1 amide bonds. The summed E-state index contributed by atoms with van der Waals surface area (Å²) < 4.78 is 15.8. The molecule has 0 saturated carbocycles. The van der Waals surface area contributed by atoms with Crippen LogP contribution in [0, 0.1) is 12.7 Å². The van der Waals surface area contributed by atoms with Gasteiger partial charge in [-0.1, -0.05) is 35.9 Å². The second-order valence-electron chi connectivity index (χ2n) is 6.69. The Hall–Kier alpha value is -3.80. The number of hydrogen-bond donors (Lipinski definition) is 1. The molecule has 4 aromatic rings. The molecule has 29 heavy (non-hydrogen) atoms. The normalized spacial score (nSPS) is 10.7. The Morgan fingerprint density at radius 3 is 2.59 bits per heavy atom. The molecule has 0 aliphatic rings. The average molecular weight is 386 g/mol. The summed E-state index contributed by atoms with van der Waals surface area (Å²) in [6.07, 6.45) is 3.38. The van der Waals surface area contributed by atoms with Gasteiger partial charge in [-0.15, -0.1) is 0 Å². The third kappa shape index (κ3) is 4.06. The highest BCUT2D eigenvalue weighted by Gasteiger charge is 2.19. The van der Waals surface area contributed by atoms with E-state index in [0.717, 1.165) is 16.8 Å². The van der Waals surface area contributed by atoms with Crippen molar-refractivity contribution < 1.29 is 9.18 Å². The molecule has 0 saturated heterocycles. The molecule has 0 atom stereocenters. The minimum absolute atomic E-state index is 0.301. The van der Waals surface area contributed by atoms with E-state index in [2.05, 4.69) is 15.4 Å². The number of carbonyl (C=O) groups excluding carboxylic acids is 1. The molecule has 6 heteroatoms. The molecule has 5 nitrogen and oxygen atoms in total. The number of nitrogens with zero attached hydrogens (tertiary/aromatic N) is 3. The van der Waals surface area contributed by atoms with Crippen molar-refractivity contribution in [3.63, 3.8) is 0 Å². The molecule has 0 aliphatic heterocycles. The van der Waals surface area contributed by atoms with Crippen LogP contribution in [0.3, 0.4) is 0 Å². The van der Waals surface area contributed by atoms with Gasteiger partial charge < -0.3 is 5.32 Å². The molecule has 0 aliphatic carbocycles. The first-order chi connectivity index (χ1) is 14.1. The Morgan fingerprint density at radius 1 is 1.07 bits per heavy atom. The molecular weight excluding hydrogens is 367 g/mol. The van der Waals surface area contributed by atoms with Crippen molar-refractivity contribution in [1.29, 1.82) is 0 Å². The van der Waals surface area contributed by atoms with E-state index < -0.39 is 0 Å². The van der Waals surface area contributed by atoms with Crippen molar-refractivity contribution in [3.8, 4) is 16.9 Å². The minimum Gasteiger partial charge on any atom is -0.347 e. The predicted octanol–water partition coefficient (Wildman–Crippen LogP) is 4.31. The Bertz CT molecular complexity index is 1140. The fraction of sp³-hybridized carbons (Fsp3) is 0.0870. The topological polar surface area (TPSA) is 59.8 Å². The van der Waals surface area contributed by atoms with Gasteiger partial charge in [0, 0.05) is 24.5 Å². The van der Waals surface area contributed by atoms with E-state index in [9.17, 15) is 9.18 Å². The first-order valence-corrected chi connectivity index (χ1v) is 9.21. The molecular formula is C23H19FN4O. The van der Waals surface area contributed by atoms with Crippen LogP contribution in [0.25, 0.3) is 16.9 Å². The van der Waals surface area contributed by atoms with E-state index in [-0.39, 0.29) is 11.7 Å². The van der Waals surface area contributed by atoms with Crippen molar-refractivity contribution in [3.05, 3.63) is 102 Å². The van der Waals surface area contributed by atoms with Gasteiger partial charge in [-0.3, -0.25) is 9.78 Å². The van der Waals surface area contributed by atoms with E-state index in [1.807, 2.05) is 43.3 Å². The van der Waals surface area contributed by atoms with Crippen LogP contribution in [0.5, 0.6) is 0 Å². The number of carbonyl (C=O) groups is 1. The minimum atomic E-state index is -0.386. The van der Waals surface area contributed by atoms with E-state index in [0.29, 0.717) is 23.5 Å². The Labute approximate surface area is 167 Å². The van der Waals surface area contributed by atoms with E-state index in [1.165, 1.54) is 6.07 Å². The van der Waals surface area contributed by atoms with Gasteiger partial charge in [0.1, 0.15) is 11.5 Å². The fourth-order valence-corrected chi connectivity index (χ4v) is 3.00.